The Labute approximate surface area is 172 Å². The van der Waals surface area contributed by atoms with E-state index >= 15 is 0 Å². The molecule has 2 N–H and O–H groups in total. The summed E-state index contributed by atoms with van der Waals surface area (Å²) < 4.78 is 0. The van der Waals surface area contributed by atoms with E-state index in [1.807, 2.05) is 31.2 Å². The normalized spacial score (nSPS) is 31.4. The maximum absolute atomic E-state index is 12.9. The molecule has 2 amide bonds. The van der Waals surface area contributed by atoms with Gasteiger partial charge in [0.2, 0.25) is 11.8 Å². The van der Waals surface area contributed by atoms with Crippen LogP contribution < -0.4 is 10.6 Å². The van der Waals surface area contributed by atoms with Crippen molar-refractivity contribution in [2.45, 2.75) is 64.3 Å². The molecule has 0 aromatic heterocycles. The van der Waals surface area contributed by atoms with Gasteiger partial charge in [0.15, 0.2) is 0 Å². The molecule has 0 radical (unpaired) electrons. The van der Waals surface area contributed by atoms with Crippen molar-refractivity contribution in [2.75, 3.05) is 6.54 Å². The summed E-state index contributed by atoms with van der Waals surface area (Å²) >= 11 is 6.02. The van der Waals surface area contributed by atoms with Crippen LogP contribution in [0, 0.1) is 23.2 Å². The fraction of sp³-hybridized carbons (Fsp3) is 0.652. The Balaban J connectivity index is 1.19. The van der Waals surface area contributed by atoms with E-state index in [4.69, 9.17) is 11.6 Å². The zero-order valence-corrected chi connectivity index (χ0v) is 17.4. The van der Waals surface area contributed by atoms with Gasteiger partial charge in [-0.05, 0) is 87.3 Å². The minimum Gasteiger partial charge on any atom is -0.356 e. The average molecular weight is 403 g/mol. The summed E-state index contributed by atoms with van der Waals surface area (Å²) in [5.74, 6) is 2.58. The van der Waals surface area contributed by atoms with Gasteiger partial charge in [0, 0.05) is 23.4 Å². The van der Waals surface area contributed by atoms with Crippen molar-refractivity contribution in [2.24, 2.45) is 23.2 Å². The van der Waals surface area contributed by atoms with Crippen LogP contribution in [0.3, 0.4) is 0 Å². The molecule has 1 aromatic carbocycles. The lowest BCUT2D eigenvalue weighted by atomic mass is 9.49. The van der Waals surface area contributed by atoms with E-state index in [-0.39, 0.29) is 23.3 Å². The van der Waals surface area contributed by atoms with Crippen LogP contribution in [0.1, 0.15) is 69.9 Å². The van der Waals surface area contributed by atoms with Crippen molar-refractivity contribution in [3.05, 3.63) is 34.9 Å². The third-order valence-corrected chi connectivity index (χ3v) is 7.35. The lowest BCUT2D eigenvalue weighted by molar-refractivity contribution is -0.146. The monoisotopic (exact) mass is 402 g/mol. The number of nitrogens with one attached hydrogen (secondary N) is 2. The van der Waals surface area contributed by atoms with Crippen LogP contribution in [0.4, 0.5) is 0 Å². The zero-order valence-electron chi connectivity index (χ0n) is 16.7. The van der Waals surface area contributed by atoms with Gasteiger partial charge in [0.1, 0.15) is 0 Å². The minimum absolute atomic E-state index is 0.0107. The Morgan fingerprint density at radius 3 is 2.39 bits per heavy atom. The number of rotatable bonds is 7. The molecule has 4 aliphatic rings. The molecule has 1 aromatic rings. The number of hydrogen-bond acceptors (Lipinski definition) is 2. The van der Waals surface area contributed by atoms with Gasteiger partial charge < -0.3 is 10.6 Å². The second-order valence-electron chi connectivity index (χ2n) is 9.40. The molecule has 4 bridgehead atoms. The summed E-state index contributed by atoms with van der Waals surface area (Å²) in [4.78, 5) is 25.1. The molecule has 4 aliphatic carbocycles. The van der Waals surface area contributed by atoms with Gasteiger partial charge in [0.05, 0.1) is 6.04 Å². The molecule has 5 rings (SSSR count). The molecule has 0 heterocycles. The third kappa shape index (κ3) is 4.22. The summed E-state index contributed by atoms with van der Waals surface area (Å²) in [6.45, 7) is 2.54. The summed E-state index contributed by atoms with van der Waals surface area (Å²) in [7, 11) is 0. The fourth-order valence-corrected chi connectivity index (χ4v) is 6.40. The van der Waals surface area contributed by atoms with E-state index in [0.29, 0.717) is 24.4 Å². The first-order valence-corrected chi connectivity index (χ1v) is 11.1. The third-order valence-electron chi connectivity index (χ3n) is 7.11. The molecule has 0 spiro atoms. The number of hydrogen-bond donors (Lipinski definition) is 2. The number of halogens is 1. The van der Waals surface area contributed by atoms with Crippen LogP contribution in [0.5, 0.6) is 0 Å². The van der Waals surface area contributed by atoms with Crippen LogP contribution in [0.2, 0.25) is 5.02 Å². The largest absolute Gasteiger partial charge is 0.356 e. The van der Waals surface area contributed by atoms with Crippen LogP contribution in [0.25, 0.3) is 0 Å². The second kappa shape index (κ2) is 8.06. The predicted octanol–water partition coefficient (Wildman–Crippen LogP) is 4.63. The number of benzene rings is 1. The molecule has 0 aliphatic heterocycles. The van der Waals surface area contributed by atoms with Crippen molar-refractivity contribution in [1.29, 1.82) is 0 Å². The van der Waals surface area contributed by atoms with Gasteiger partial charge in [-0.3, -0.25) is 9.59 Å². The quantitative estimate of drug-likeness (QED) is 0.653. The van der Waals surface area contributed by atoms with E-state index in [1.165, 1.54) is 19.3 Å². The molecule has 1 unspecified atom stereocenters. The molecule has 152 valence electrons. The Bertz CT molecular complexity index is 713. The van der Waals surface area contributed by atoms with Crippen molar-refractivity contribution in [1.82, 2.24) is 10.6 Å². The first kappa shape index (κ1) is 19.8. The first-order chi connectivity index (χ1) is 13.4. The molecule has 4 saturated carbocycles. The predicted molar refractivity (Wildman–Crippen MR) is 111 cm³/mol. The first-order valence-electron chi connectivity index (χ1n) is 10.8. The zero-order chi connectivity index (χ0) is 19.7. The van der Waals surface area contributed by atoms with Gasteiger partial charge in [-0.2, -0.15) is 0 Å². The van der Waals surface area contributed by atoms with Crippen LogP contribution in [-0.4, -0.2) is 18.4 Å². The van der Waals surface area contributed by atoms with E-state index < -0.39 is 0 Å². The molecule has 5 heteroatoms. The van der Waals surface area contributed by atoms with E-state index in [2.05, 4.69) is 10.6 Å². The Kier molecular flexibility index (Phi) is 5.69. The lowest BCUT2D eigenvalue weighted by Crippen LogP contribution is -2.53. The lowest BCUT2D eigenvalue weighted by Gasteiger charge is -2.55. The summed E-state index contributed by atoms with van der Waals surface area (Å²) in [6.07, 6.45) is 8.39. The molecular weight excluding hydrogens is 372 g/mol. The Hall–Kier alpha value is -1.55. The smallest absolute Gasteiger partial charge is 0.226 e. The standard InChI is InChI=1S/C23H31ClN2O2/c1-15(19-4-2-5-20(24)11-19)26-21(27)6-3-7-25-22(28)23-12-16-8-17(13-23)10-18(9-16)14-23/h2,4-5,11,15-18H,3,6-10,12-14H2,1H3,(H,25,28)(H,26,27). The Morgan fingerprint density at radius 1 is 1.14 bits per heavy atom. The van der Waals surface area contributed by atoms with Crippen molar-refractivity contribution in [3.8, 4) is 0 Å². The topological polar surface area (TPSA) is 58.2 Å². The summed E-state index contributed by atoms with van der Waals surface area (Å²) in [5, 5.41) is 6.83. The number of amides is 2. The highest BCUT2D eigenvalue weighted by Crippen LogP contribution is 2.60. The molecule has 4 fully saturated rings. The van der Waals surface area contributed by atoms with Crippen molar-refractivity contribution >= 4 is 23.4 Å². The Morgan fingerprint density at radius 2 is 1.79 bits per heavy atom. The average Bonchev–Trinajstić information content (AvgIpc) is 2.64. The SMILES string of the molecule is CC(NC(=O)CCCNC(=O)C12CC3CC(CC(C3)C1)C2)c1cccc(Cl)c1. The van der Waals surface area contributed by atoms with Crippen LogP contribution in [0.15, 0.2) is 24.3 Å². The van der Waals surface area contributed by atoms with Crippen molar-refractivity contribution in [3.63, 3.8) is 0 Å². The van der Waals surface area contributed by atoms with E-state index in [9.17, 15) is 9.59 Å². The van der Waals surface area contributed by atoms with Gasteiger partial charge >= 0.3 is 0 Å². The fourth-order valence-electron chi connectivity index (χ4n) is 6.20. The van der Waals surface area contributed by atoms with Gasteiger partial charge in [0.25, 0.3) is 0 Å². The van der Waals surface area contributed by atoms with E-state index in [1.54, 1.807) is 0 Å². The highest BCUT2D eigenvalue weighted by atomic mass is 35.5. The molecule has 0 saturated heterocycles. The maximum Gasteiger partial charge on any atom is 0.226 e. The summed E-state index contributed by atoms with van der Waals surface area (Å²) in [5.41, 5.74) is 0.897. The summed E-state index contributed by atoms with van der Waals surface area (Å²) in [6, 6.07) is 7.47. The second-order valence-corrected chi connectivity index (χ2v) is 9.84. The van der Waals surface area contributed by atoms with E-state index in [0.717, 1.165) is 42.6 Å². The van der Waals surface area contributed by atoms with Crippen LogP contribution in [-0.2, 0) is 9.59 Å². The number of carbonyl (C=O) groups is 2. The molecular formula is C23H31ClN2O2. The van der Waals surface area contributed by atoms with Crippen LogP contribution >= 0.6 is 11.6 Å². The maximum atomic E-state index is 12.9. The van der Waals surface area contributed by atoms with Crippen molar-refractivity contribution < 1.29 is 9.59 Å². The minimum atomic E-state index is -0.0991. The number of carbonyl (C=O) groups excluding carboxylic acids is 2. The van der Waals surface area contributed by atoms with Gasteiger partial charge in [-0.15, -0.1) is 0 Å². The molecule has 28 heavy (non-hydrogen) atoms. The highest BCUT2D eigenvalue weighted by Gasteiger charge is 2.54. The molecule has 1 atom stereocenters. The molecule has 4 nitrogen and oxygen atoms in total. The van der Waals surface area contributed by atoms with Gasteiger partial charge in [-0.1, -0.05) is 23.7 Å². The highest BCUT2D eigenvalue weighted by molar-refractivity contribution is 6.30. The van der Waals surface area contributed by atoms with Gasteiger partial charge in [-0.25, -0.2) is 0 Å².